The summed E-state index contributed by atoms with van der Waals surface area (Å²) < 4.78 is 38.8. The molecule has 0 amide bonds. The summed E-state index contributed by atoms with van der Waals surface area (Å²) in [6.45, 7) is 0. The van der Waals surface area contributed by atoms with Crippen LogP contribution in [0.2, 0.25) is 5.02 Å². The Morgan fingerprint density at radius 2 is 2.18 bits per heavy atom. The van der Waals surface area contributed by atoms with Crippen LogP contribution in [-0.2, 0) is 10.0 Å². The Morgan fingerprint density at radius 1 is 1.41 bits per heavy atom. The number of aromatic nitrogens is 2. The Kier molecular flexibility index (Phi) is 3.03. The first-order valence-corrected chi connectivity index (χ1v) is 6.32. The van der Waals surface area contributed by atoms with Gasteiger partial charge in [0.15, 0.2) is 0 Å². The van der Waals surface area contributed by atoms with Crippen LogP contribution in [0.15, 0.2) is 35.5 Å². The molecule has 0 radical (unpaired) electrons. The smallest absolute Gasteiger partial charge is 0.265 e. The van der Waals surface area contributed by atoms with E-state index >= 15 is 0 Å². The maximum absolute atomic E-state index is 13.0. The lowest BCUT2D eigenvalue weighted by molar-refractivity contribution is 0.595. The molecular weight excluding hydrogens is 269 g/mol. The summed E-state index contributed by atoms with van der Waals surface area (Å²) in [5, 5.41) is -0.0644. The second-order valence-corrected chi connectivity index (χ2v) is 5.18. The van der Waals surface area contributed by atoms with Gasteiger partial charge >= 0.3 is 0 Å². The number of anilines is 1. The van der Waals surface area contributed by atoms with Gasteiger partial charge in [-0.05, 0) is 18.2 Å². The monoisotopic (exact) mass is 275 g/mol. The van der Waals surface area contributed by atoms with Crippen LogP contribution in [0.1, 0.15) is 0 Å². The highest BCUT2D eigenvalue weighted by molar-refractivity contribution is 7.92. The molecule has 8 heteroatoms. The fourth-order valence-electron chi connectivity index (χ4n) is 1.19. The quantitative estimate of drug-likeness (QED) is 0.900. The third kappa shape index (κ3) is 2.56. The molecule has 1 aromatic carbocycles. The summed E-state index contributed by atoms with van der Waals surface area (Å²) in [5.41, 5.74) is 0. The second kappa shape index (κ2) is 4.34. The zero-order chi connectivity index (χ0) is 12.5. The van der Waals surface area contributed by atoms with Crippen molar-refractivity contribution in [2.75, 3.05) is 4.72 Å². The van der Waals surface area contributed by atoms with Crippen LogP contribution in [0.3, 0.4) is 0 Å². The van der Waals surface area contributed by atoms with Gasteiger partial charge in [-0.2, -0.15) is 0 Å². The number of sulfonamides is 1. The number of imidazole rings is 1. The van der Waals surface area contributed by atoms with Crippen molar-refractivity contribution in [3.8, 4) is 0 Å². The SMILES string of the molecule is O=S(=O)(Nc1ncc[nH]1)c1cc(F)ccc1Cl. The summed E-state index contributed by atoms with van der Waals surface area (Å²) >= 11 is 5.70. The Balaban J connectivity index is 2.41. The molecule has 17 heavy (non-hydrogen) atoms. The fraction of sp³-hybridized carbons (Fsp3) is 0. The van der Waals surface area contributed by atoms with E-state index in [0.717, 1.165) is 12.1 Å². The van der Waals surface area contributed by atoms with Gasteiger partial charge in [-0.3, -0.25) is 0 Å². The third-order valence-electron chi connectivity index (χ3n) is 1.91. The van der Waals surface area contributed by atoms with Crippen molar-refractivity contribution in [1.29, 1.82) is 0 Å². The largest absolute Gasteiger partial charge is 0.330 e. The second-order valence-electron chi connectivity index (χ2n) is 3.12. The van der Waals surface area contributed by atoms with Crippen LogP contribution in [0, 0.1) is 5.82 Å². The number of nitrogens with one attached hydrogen (secondary N) is 2. The van der Waals surface area contributed by atoms with Gasteiger partial charge in [0.1, 0.15) is 10.7 Å². The molecule has 2 N–H and O–H groups in total. The molecule has 90 valence electrons. The molecule has 0 fully saturated rings. The number of halogens is 2. The molecule has 5 nitrogen and oxygen atoms in total. The Bertz CT molecular complexity index is 628. The van der Waals surface area contributed by atoms with Gasteiger partial charge in [-0.1, -0.05) is 11.6 Å². The minimum Gasteiger partial charge on any atom is -0.330 e. The first-order valence-electron chi connectivity index (χ1n) is 4.46. The van der Waals surface area contributed by atoms with E-state index in [9.17, 15) is 12.8 Å². The third-order valence-corrected chi connectivity index (χ3v) is 3.73. The van der Waals surface area contributed by atoms with Gasteiger partial charge in [-0.25, -0.2) is 22.5 Å². The molecule has 0 aliphatic heterocycles. The Morgan fingerprint density at radius 3 is 2.82 bits per heavy atom. The van der Waals surface area contributed by atoms with Crippen molar-refractivity contribution >= 4 is 27.6 Å². The standard InChI is InChI=1S/C9H7ClFN3O2S/c10-7-2-1-6(11)5-8(7)17(15,16)14-9-12-3-4-13-9/h1-5H,(H2,12,13,14). The molecule has 0 aliphatic carbocycles. The fourth-order valence-corrected chi connectivity index (χ4v) is 2.68. The average Bonchev–Trinajstić information content (AvgIpc) is 2.73. The van der Waals surface area contributed by atoms with Crippen LogP contribution in [0.5, 0.6) is 0 Å². The van der Waals surface area contributed by atoms with E-state index < -0.39 is 15.8 Å². The molecule has 2 rings (SSSR count). The van der Waals surface area contributed by atoms with Crippen LogP contribution < -0.4 is 4.72 Å². The molecule has 0 aliphatic rings. The predicted molar refractivity (Wildman–Crippen MR) is 60.8 cm³/mol. The topological polar surface area (TPSA) is 74.8 Å². The number of nitrogens with zero attached hydrogens (tertiary/aromatic N) is 1. The summed E-state index contributed by atoms with van der Waals surface area (Å²) in [6, 6.07) is 3.09. The molecule has 2 aromatic rings. The summed E-state index contributed by atoms with van der Waals surface area (Å²) in [4.78, 5) is 5.92. The molecular formula is C9H7ClFN3O2S. The van der Waals surface area contributed by atoms with Crippen molar-refractivity contribution in [2.24, 2.45) is 0 Å². The first kappa shape index (κ1) is 11.9. The van der Waals surface area contributed by atoms with Crippen molar-refractivity contribution in [3.63, 3.8) is 0 Å². The van der Waals surface area contributed by atoms with E-state index in [1.54, 1.807) is 0 Å². The average molecular weight is 276 g/mol. The molecule has 0 atom stereocenters. The Labute approximate surface area is 102 Å². The van der Waals surface area contributed by atoms with E-state index in [1.807, 2.05) is 0 Å². The lowest BCUT2D eigenvalue weighted by atomic mass is 10.3. The number of H-pyrrole nitrogens is 1. The molecule has 0 unspecified atom stereocenters. The van der Waals surface area contributed by atoms with Crippen LogP contribution >= 0.6 is 11.6 Å². The first-order chi connectivity index (χ1) is 7.99. The van der Waals surface area contributed by atoms with Gasteiger partial charge in [0.2, 0.25) is 5.95 Å². The lowest BCUT2D eigenvalue weighted by Crippen LogP contribution is -2.14. The van der Waals surface area contributed by atoms with Gasteiger partial charge in [-0.15, -0.1) is 0 Å². The molecule has 0 spiro atoms. The van der Waals surface area contributed by atoms with Crippen molar-refractivity contribution < 1.29 is 12.8 Å². The number of rotatable bonds is 3. The van der Waals surface area contributed by atoms with E-state index in [2.05, 4.69) is 14.7 Å². The van der Waals surface area contributed by atoms with Gasteiger partial charge in [0.05, 0.1) is 5.02 Å². The number of aromatic amines is 1. The summed E-state index contributed by atoms with van der Waals surface area (Å²) in [5.74, 6) is -0.653. The maximum atomic E-state index is 13.0. The lowest BCUT2D eigenvalue weighted by Gasteiger charge is -2.06. The van der Waals surface area contributed by atoms with Crippen LogP contribution in [-0.4, -0.2) is 18.4 Å². The Hall–Kier alpha value is -1.60. The molecule has 0 saturated heterocycles. The highest BCUT2D eigenvalue weighted by atomic mass is 35.5. The highest BCUT2D eigenvalue weighted by Crippen LogP contribution is 2.23. The van der Waals surface area contributed by atoms with E-state index in [1.165, 1.54) is 18.5 Å². The van der Waals surface area contributed by atoms with Crippen molar-refractivity contribution in [2.45, 2.75) is 4.90 Å². The van der Waals surface area contributed by atoms with E-state index in [0.29, 0.717) is 0 Å². The van der Waals surface area contributed by atoms with Crippen molar-refractivity contribution in [3.05, 3.63) is 41.4 Å². The van der Waals surface area contributed by atoms with Gasteiger partial charge < -0.3 is 4.98 Å². The predicted octanol–water partition coefficient (Wildman–Crippen LogP) is 2.00. The van der Waals surface area contributed by atoms with E-state index in [-0.39, 0.29) is 15.9 Å². The van der Waals surface area contributed by atoms with Gasteiger partial charge in [0.25, 0.3) is 10.0 Å². The van der Waals surface area contributed by atoms with E-state index in [4.69, 9.17) is 11.6 Å². The highest BCUT2D eigenvalue weighted by Gasteiger charge is 2.19. The zero-order valence-corrected chi connectivity index (χ0v) is 9.89. The zero-order valence-electron chi connectivity index (χ0n) is 8.31. The molecule has 0 saturated carbocycles. The minimum atomic E-state index is -3.95. The van der Waals surface area contributed by atoms with Crippen LogP contribution in [0.4, 0.5) is 10.3 Å². The molecule has 1 heterocycles. The summed E-state index contributed by atoms with van der Waals surface area (Å²) in [7, 11) is -3.95. The van der Waals surface area contributed by atoms with Crippen LogP contribution in [0.25, 0.3) is 0 Å². The molecule has 0 bridgehead atoms. The number of hydrogen-bond donors (Lipinski definition) is 2. The maximum Gasteiger partial charge on any atom is 0.265 e. The van der Waals surface area contributed by atoms with Gasteiger partial charge in [0, 0.05) is 12.4 Å². The number of benzene rings is 1. The van der Waals surface area contributed by atoms with Crippen molar-refractivity contribution in [1.82, 2.24) is 9.97 Å². The minimum absolute atomic E-state index is 0.0327. The summed E-state index contributed by atoms with van der Waals surface area (Å²) in [6.07, 6.45) is 2.83. The normalized spacial score (nSPS) is 11.4. The number of hydrogen-bond acceptors (Lipinski definition) is 3. The molecule has 1 aromatic heterocycles.